The summed E-state index contributed by atoms with van der Waals surface area (Å²) in [5.74, 6) is 0. The van der Waals surface area contributed by atoms with E-state index in [1.165, 1.54) is 0 Å². The van der Waals surface area contributed by atoms with E-state index in [2.05, 4.69) is 0 Å². The Morgan fingerprint density at radius 2 is 0.941 bits per heavy atom. The minimum absolute atomic E-state index is 0.759. The molecule has 0 spiro atoms. The normalized spacial score (nSPS) is 52.5. The van der Waals surface area contributed by atoms with Crippen LogP contribution in [0.3, 0.4) is 0 Å². The van der Waals surface area contributed by atoms with Crippen molar-refractivity contribution in [3.63, 3.8) is 0 Å². The van der Waals surface area contributed by atoms with E-state index >= 15 is 0 Å². The van der Waals surface area contributed by atoms with Crippen molar-refractivity contribution in [2.75, 3.05) is 19.8 Å². The van der Waals surface area contributed by atoms with E-state index in [1.807, 2.05) is 0 Å². The third-order valence-electron chi connectivity index (χ3n) is 6.09. The van der Waals surface area contributed by atoms with E-state index < -0.39 is 112 Å². The lowest BCUT2D eigenvalue weighted by Crippen LogP contribution is -2.66. The van der Waals surface area contributed by atoms with Gasteiger partial charge in [-0.2, -0.15) is 0 Å². The van der Waals surface area contributed by atoms with Crippen LogP contribution >= 0.6 is 0 Å². The Morgan fingerprint density at radius 1 is 0.441 bits per heavy atom. The van der Waals surface area contributed by atoms with Gasteiger partial charge in [-0.3, -0.25) is 0 Å². The summed E-state index contributed by atoms with van der Waals surface area (Å²) < 4.78 is 26.4. The second kappa shape index (κ2) is 11.6. The van der Waals surface area contributed by atoms with Gasteiger partial charge in [0.05, 0.1) is 19.8 Å². The quantitative estimate of drug-likeness (QED) is 0.154. The van der Waals surface area contributed by atoms with Crippen LogP contribution in [-0.4, -0.2) is 168 Å². The minimum atomic E-state index is -1.90. The first-order chi connectivity index (χ1) is 16.0. The molecule has 3 rings (SSSR count). The first-order valence-corrected chi connectivity index (χ1v) is 10.6. The maximum Gasteiger partial charge on any atom is 0.187 e. The summed E-state index contributed by atoms with van der Waals surface area (Å²) in [6, 6.07) is 0. The molecule has 0 aromatic heterocycles. The highest BCUT2D eigenvalue weighted by Crippen LogP contribution is 2.32. The zero-order valence-corrected chi connectivity index (χ0v) is 17.7. The largest absolute Gasteiger partial charge is 0.394 e. The van der Waals surface area contributed by atoms with Gasteiger partial charge < -0.3 is 79.9 Å². The number of rotatable bonds is 7. The third kappa shape index (κ3) is 5.37. The molecule has 3 aliphatic heterocycles. The molecule has 3 saturated heterocycles. The fraction of sp³-hybridized carbons (Fsp3) is 1.00. The second-order valence-corrected chi connectivity index (χ2v) is 8.33. The zero-order chi connectivity index (χ0) is 25.3. The molecule has 0 aliphatic carbocycles. The van der Waals surface area contributed by atoms with Gasteiger partial charge in [0.25, 0.3) is 0 Å². The number of hydrogen-bond donors (Lipinski definition) is 11. The smallest absolute Gasteiger partial charge is 0.187 e. The van der Waals surface area contributed by atoms with Gasteiger partial charge in [-0.05, 0) is 0 Å². The highest BCUT2D eigenvalue weighted by molar-refractivity contribution is 4.96. The predicted molar refractivity (Wildman–Crippen MR) is 101 cm³/mol. The summed E-state index contributed by atoms with van der Waals surface area (Å²) in [6.07, 6.45) is -25.4. The first kappa shape index (κ1) is 27.9. The Kier molecular flexibility index (Phi) is 9.54. The molecule has 0 amide bonds. The van der Waals surface area contributed by atoms with Crippen LogP contribution in [0.5, 0.6) is 0 Å². The van der Waals surface area contributed by atoms with E-state index in [0.717, 1.165) is 0 Å². The summed E-state index contributed by atoms with van der Waals surface area (Å²) in [5, 5.41) is 109. The van der Waals surface area contributed by atoms with E-state index in [-0.39, 0.29) is 0 Å². The maximum atomic E-state index is 10.8. The van der Waals surface area contributed by atoms with Gasteiger partial charge in [0.1, 0.15) is 73.2 Å². The number of hydrogen-bond acceptors (Lipinski definition) is 16. The number of ether oxygens (including phenoxy) is 5. The van der Waals surface area contributed by atoms with Crippen LogP contribution in [0.4, 0.5) is 0 Å². The lowest BCUT2D eigenvalue weighted by Gasteiger charge is -2.47. The summed E-state index contributed by atoms with van der Waals surface area (Å²) in [4.78, 5) is 0. The molecule has 0 aromatic rings. The van der Waals surface area contributed by atoms with Gasteiger partial charge in [-0.25, -0.2) is 0 Å². The van der Waals surface area contributed by atoms with Crippen molar-refractivity contribution in [1.82, 2.24) is 0 Å². The fourth-order valence-electron chi connectivity index (χ4n) is 4.05. The van der Waals surface area contributed by atoms with Crippen molar-refractivity contribution in [1.29, 1.82) is 0 Å². The van der Waals surface area contributed by atoms with Crippen LogP contribution in [0, 0.1) is 0 Å². The Balaban J connectivity index is 1.78. The minimum Gasteiger partial charge on any atom is -0.394 e. The molecular weight excluding hydrogens is 472 g/mol. The number of aliphatic hydroxyl groups is 11. The lowest BCUT2D eigenvalue weighted by molar-refractivity contribution is -0.378. The molecule has 34 heavy (non-hydrogen) atoms. The van der Waals surface area contributed by atoms with Crippen LogP contribution in [0.25, 0.3) is 0 Å². The standard InChI is InChI=1S/C18H32O16/c19-1-4-7(22)9(24)12(27)17(31-4)34-15-8(23)5(2-20)32-18(13(15)28)33-14-6(3-21)30-16(29)11(26)10(14)25/h4-29H,1-3H2/t4-,5-,6-,7-,8-,9+,10-,11+,12-,13-,14-,15+,16-,17+,18+/m1/s1. The molecule has 3 aliphatic rings. The van der Waals surface area contributed by atoms with Gasteiger partial charge in [-0.1, -0.05) is 0 Å². The van der Waals surface area contributed by atoms with Crippen molar-refractivity contribution >= 4 is 0 Å². The van der Waals surface area contributed by atoms with Crippen LogP contribution in [0.15, 0.2) is 0 Å². The van der Waals surface area contributed by atoms with Crippen molar-refractivity contribution in [2.45, 2.75) is 92.1 Å². The SMILES string of the molecule is OC[C@H]1O[C@@H](O[C@@H]2[C@@H](O)[C@H](O[C@H]3[C@H](O)[C@H](O)[C@H](O)O[C@@H]3CO)O[C@H](CO)[C@H]2O)[C@H](O)[C@@H](O)[C@@H]1O. The molecular formula is C18H32O16. The predicted octanol–water partition coefficient (Wildman–Crippen LogP) is -7.57. The average molecular weight is 504 g/mol. The van der Waals surface area contributed by atoms with Gasteiger partial charge in [-0.15, -0.1) is 0 Å². The summed E-state index contributed by atoms with van der Waals surface area (Å²) >= 11 is 0. The highest BCUT2D eigenvalue weighted by atomic mass is 16.7. The van der Waals surface area contributed by atoms with Crippen molar-refractivity contribution in [3.8, 4) is 0 Å². The van der Waals surface area contributed by atoms with E-state index in [9.17, 15) is 56.2 Å². The monoisotopic (exact) mass is 504 g/mol. The van der Waals surface area contributed by atoms with Gasteiger partial charge in [0.2, 0.25) is 0 Å². The van der Waals surface area contributed by atoms with Crippen molar-refractivity contribution in [3.05, 3.63) is 0 Å². The molecule has 3 heterocycles. The Morgan fingerprint density at radius 3 is 1.50 bits per heavy atom. The van der Waals surface area contributed by atoms with Crippen molar-refractivity contribution in [2.24, 2.45) is 0 Å². The summed E-state index contributed by atoms with van der Waals surface area (Å²) in [5.41, 5.74) is 0. The molecule has 200 valence electrons. The first-order valence-electron chi connectivity index (χ1n) is 10.6. The molecule has 0 saturated carbocycles. The van der Waals surface area contributed by atoms with Gasteiger partial charge in [0.15, 0.2) is 18.9 Å². The Hall–Kier alpha value is -0.640. The second-order valence-electron chi connectivity index (χ2n) is 8.33. The van der Waals surface area contributed by atoms with Crippen LogP contribution in [0.1, 0.15) is 0 Å². The molecule has 0 unspecified atom stereocenters. The average Bonchev–Trinajstić information content (AvgIpc) is 2.83. The Bertz CT molecular complexity index is 637. The molecule has 15 atom stereocenters. The molecule has 0 radical (unpaired) electrons. The molecule has 11 N–H and O–H groups in total. The molecule has 0 aromatic carbocycles. The maximum absolute atomic E-state index is 10.8. The van der Waals surface area contributed by atoms with E-state index in [4.69, 9.17) is 23.7 Å². The van der Waals surface area contributed by atoms with Crippen LogP contribution in [0.2, 0.25) is 0 Å². The lowest BCUT2D eigenvalue weighted by atomic mass is 9.96. The summed E-state index contributed by atoms with van der Waals surface area (Å²) in [7, 11) is 0. The zero-order valence-electron chi connectivity index (χ0n) is 17.7. The number of aliphatic hydroxyl groups excluding tert-OH is 11. The van der Waals surface area contributed by atoms with Crippen LogP contribution in [-0.2, 0) is 23.7 Å². The molecule has 16 heteroatoms. The topological polar surface area (TPSA) is 269 Å². The van der Waals surface area contributed by atoms with E-state index in [1.54, 1.807) is 0 Å². The van der Waals surface area contributed by atoms with Gasteiger partial charge in [0, 0.05) is 0 Å². The molecule has 3 fully saturated rings. The van der Waals surface area contributed by atoms with Crippen molar-refractivity contribution < 1.29 is 79.9 Å². The van der Waals surface area contributed by atoms with Gasteiger partial charge >= 0.3 is 0 Å². The summed E-state index contributed by atoms with van der Waals surface area (Å²) in [6.45, 7) is -2.34. The van der Waals surface area contributed by atoms with E-state index in [0.29, 0.717) is 0 Å². The Labute approximate surface area is 192 Å². The fourth-order valence-corrected chi connectivity index (χ4v) is 4.05. The highest BCUT2D eigenvalue weighted by Gasteiger charge is 2.53. The third-order valence-corrected chi connectivity index (χ3v) is 6.09. The van der Waals surface area contributed by atoms with Crippen LogP contribution < -0.4 is 0 Å². The molecule has 0 bridgehead atoms. The molecule has 16 nitrogen and oxygen atoms in total.